The lowest BCUT2D eigenvalue weighted by molar-refractivity contribution is 0.00578. The Morgan fingerprint density at radius 2 is 1.43 bits per heavy atom. The van der Waals surface area contributed by atoms with Gasteiger partial charge in [0.1, 0.15) is 0 Å². The van der Waals surface area contributed by atoms with Gasteiger partial charge in [0, 0.05) is 5.92 Å². The predicted molar refractivity (Wildman–Crippen MR) is 128 cm³/mol. The van der Waals surface area contributed by atoms with Gasteiger partial charge in [-0.25, -0.2) is 0 Å². The van der Waals surface area contributed by atoms with E-state index in [1.165, 1.54) is 27.5 Å². The molecule has 0 radical (unpaired) electrons. The molecule has 4 rings (SSSR count). The molecular formula is C27H31BO2. The number of hydrogen-bond acceptors (Lipinski definition) is 2. The van der Waals surface area contributed by atoms with Crippen LogP contribution in [0.5, 0.6) is 0 Å². The highest BCUT2D eigenvalue weighted by Gasteiger charge is 2.51. The second kappa shape index (κ2) is 8.05. The molecule has 0 aliphatic carbocycles. The van der Waals surface area contributed by atoms with Gasteiger partial charge in [-0.15, -0.1) is 0 Å². The normalized spacial score (nSPS) is 19.2. The molecule has 3 aromatic carbocycles. The third kappa shape index (κ3) is 4.10. The lowest BCUT2D eigenvalue weighted by Gasteiger charge is -2.32. The fraction of sp³-hybridized carbons (Fsp3) is 0.333. The van der Waals surface area contributed by atoms with Gasteiger partial charge in [0.25, 0.3) is 0 Å². The summed E-state index contributed by atoms with van der Waals surface area (Å²) in [6.07, 6.45) is 3.16. The maximum Gasteiger partial charge on any atom is 0.458 e. The number of fused-ring (bicyclic) bond motifs is 1. The minimum Gasteiger partial charge on any atom is -0.403 e. The monoisotopic (exact) mass is 398 g/mol. The highest BCUT2D eigenvalue weighted by atomic mass is 16.7. The summed E-state index contributed by atoms with van der Waals surface area (Å²) < 4.78 is 12.7. The van der Waals surface area contributed by atoms with Crippen LogP contribution in [0.15, 0.2) is 78.9 Å². The summed E-state index contributed by atoms with van der Waals surface area (Å²) in [5.74, 6) is 0.186. The van der Waals surface area contributed by atoms with Gasteiger partial charge >= 0.3 is 7.12 Å². The van der Waals surface area contributed by atoms with Crippen molar-refractivity contribution in [1.82, 2.24) is 0 Å². The fourth-order valence-corrected chi connectivity index (χ4v) is 4.23. The molecule has 0 aromatic heterocycles. The molecule has 1 atom stereocenters. The Kier molecular flexibility index (Phi) is 5.61. The van der Waals surface area contributed by atoms with Crippen molar-refractivity contribution in [2.75, 3.05) is 0 Å². The van der Waals surface area contributed by atoms with Crippen LogP contribution >= 0.6 is 0 Å². The van der Waals surface area contributed by atoms with Crippen molar-refractivity contribution in [3.8, 4) is 0 Å². The van der Waals surface area contributed by atoms with E-state index in [-0.39, 0.29) is 24.2 Å². The fourth-order valence-electron chi connectivity index (χ4n) is 4.23. The summed E-state index contributed by atoms with van der Waals surface area (Å²) in [7, 11) is -0.237. The molecule has 1 aliphatic heterocycles. The third-order valence-corrected chi connectivity index (χ3v) is 6.65. The molecule has 0 N–H and O–H groups in total. The molecule has 0 bridgehead atoms. The highest BCUT2D eigenvalue weighted by Crippen LogP contribution is 2.41. The summed E-state index contributed by atoms with van der Waals surface area (Å²) in [6, 6.07) is 25.8. The van der Waals surface area contributed by atoms with Gasteiger partial charge < -0.3 is 9.31 Å². The van der Waals surface area contributed by atoms with E-state index in [0.29, 0.717) is 0 Å². The maximum absolute atomic E-state index is 6.36. The zero-order valence-electron chi connectivity index (χ0n) is 18.7. The summed E-state index contributed by atoms with van der Waals surface area (Å²) in [5.41, 5.74) is 3.19. The van der Waals surface area contributed by atoms with Gasteiger partial charge in [0.15, 0.2) is 0 Å². The standard InChI is InChI=1S/C27H31BO2/c1-20(21-12-7-6-8-13-21)18-23(19-28-29-26(2,3)27(4,5)30-28)25-17-11-15-22-14-9-10-16-24(22)25/h6-18,23H,19H2,1-5H3/b20-18+. The lowest BCUT2D eigenvalue weighted by Crippen LogP contribution is -2.41. The smallest absolute Gasteiger partial charge is 0.403 e. The van der Waals surface area contributed by atoms with Crippen LogP contribution in [0.3, 0.4) is 0 Å². The summed E-state index contributed by atoms with van der Waals surface area (Å²) in [6.45, 7) is 10.7. The molecule has 0 amide bonds. The SMILES string of the molecule is C/C(=C\C(CB1OC(C)(C)C(C)(C)O1)c1cccc2ccccc12)c1ccccc1. The minimum atomic E-state index is -0.320. The van der Waals surface area contributed by atoms with E-state index >= 15 is 0 Å². The molecule has 3 aromatic rings. The quantitative estimate of drug-likeness (QED) is 0.426. The molecule has 3 heteroatoms. The molecule has 1 heterocycles. The molecule has 30 heavy (non-hydrogen) atoms. The Labute approximate surface area is 181 Å². The number of rotatable bonds is 5. The van der Waals surface area contributed by atoms with E-state index in [9.17, 15) is 0 Å². The van der Waals surface area contributed by atoms with Crippen LogP contribution in [-0.4, -0.2) is 18.3 Å². The second-order valence-corrected chi connectivity index (χ2v) is 9.31. The van der Waals surface area contributed by atoms with Crippen LogP contribution in [0.4, 0.5) is 0 Å². The van der Waals surface area contributed by atoms with Crippen LogP contribution in [-0.2, 0) is 9.31 Å². The van der Waals surface area contributed by atoms with Gasteiger partial charge in [-0.1, -0.05) is 78.9 Å². The second-order valence-electron chi connectivity index (χ2n) is 9.31. The first-order valence-corrected chi connectivity index (χ1v) is 10.8. The van der Waals surface area contributed by atoms with Crippen LogP contribution in [0.2, 0.25) is 6.32 Å². The summed E-state index contributed by atoms with van der Waals surface area (Å²) in [5, 5.41) is 2.55. The molecule has 1 saturated heterocycles. The Morgan fingerprint density at radius 3 is 2.13 bits per heavy atom. The molecule has 0 saturated carbocycles. The number of allylic oxidation sites excluding steroid dienone is 2. The van der Waals surface area contributed by atoms with Crippen molar-refractivity contribution >= 4 is 23.5 Å². The molecule has 1 fully saturated rings. The first-order valence-electron chi connectivity index (χ1n) is 10.8. The lowest BCUT2D eigenvalue weighted by atomic mass is 9.73. The first-order chi connectivity index (χ1) is 14.3. The van der Waals surface area contributed by atoms with E-state index in [4.69, 9.17) is 9.31 Å². The van der Waals surface area contributed by atoms with E-state index < -0.39 is 0 Å². The van der Waals surface area contributed by atoms with Gasteiger partial charge in [-0.3, -0.25) is 0 Å². The van der Waals surface area contributed by atoms with Crippen molar-refractivity contribution in [3.05, 3.63) is 90.0 Å². The van der Waals surface area contributed by atoms with Crippen molar-refractivity contribution in [1.29, 1.82) is 0 Å². The zero-order chi connectivity index (χ0) is 21.4. The first kappa shape index (κ1) is 20.9. The van der Waals surface area contributed by atoms with E-state index in [2.05, 4.69) is 113 Å². The Morgan fingerprint density at radius 1 is 0.833 bits per heavy atom. The van der Waals surface area contributed by atoms with Crippen LogP contribution in [0.1, 0.15) is 51.7 Å². The van der Waals surface area contributed by atoms with E-state index in [1.54, 1.807) is 0 Å². The van der Waals surface area contributed by atoms with Crippen LogP contribution in [0, 0.1) is 0 Å². The summed E-state index contributed by atoms with van der Waals surface area (Å²) in [4.78, 5) is 0. The van der Waals surface area contributed by atoms with Crippen molar-refractivity contribution in [3.63, 3.8) is 0 Å². The molecule has 2 nitrogen and oxygen atoms in total. The predicted octanol–water partition coefficient (Wildman–Crippen LogP) is 7.12. The van der Waals surface area contributed by atoms with Gasteiger partial charge in [0.2, 0.25) is 0 Å². The third-order valence-electron chi connectivity index (χ3n) is 6.65. The topological polar surface area (TPSA) is 18.5 Å². The average Bonchev–Trinajstić information content (AvgIpc) is 2.93. The zero-order valence-corrected chi connectivity index (χ0v) is 18.7. The molecule has 0 spiro atoms. The Hall–Kier alpha value is -2.36. The van der Waals surface area contributed by atoms with Crippen LogP contribution in [0.25, 0.3) is 16.3 Å². The van der Waals surface area contributed by atoms with Gasteiger partial charge in [0.05, 0.1) is 11.2 Å². The van der Waals surface area contributed by atoms with Gasteiger partial charge in [-0.05, 0) is 68.4 Å². The molecule has 1 aliphatic rings. The van der Waals surface area contributed by atoms with E-state index in [1.807, 2.05) is 0 Å². The molecule has 154 valence electrons. The van der Waals surface area contributed by atoms with Crippen LogP contribution < -0.4 is 0 Å². The Balaban J connectivity index is 1.74. The molecule has 1 unspecified atom stereocenters. The molecular weight excluding hydrogens is 367 g/mol. The van der Waals surface area contributed by atoms with Crippen molar-refractivity contribution < 1.29 is 9.31 Å². The average molecular weight is 398 g/mol. The highest BCUT2D eigenvalue weighted by molar-refractivity contribution is 6.45. The number of hydrogen-bond donors (Lipinski definition) is 0. The maximum atomic E-state index is 6.36. The van der Waals surface area contributed by atoms with Crippen molar-refractivity contribution in [2.45, 2.75) is 58.1 Å². The van der Waals surface area contributed by atoms with E-state index in [0.717, 1.165) is 6.32 Å². The van der Waals surface area contributed by atoms with Crippen molar-refractivity contribution in [2.24, 2.45) is 0 Å². The summed E-state index contributed by atoms with van der Waals surface area (Å²) >= 11 is 0. The minimum absolute atomic E-state index is 0.186. The van der Waals surface area contributed by atoms with Gasteiger partial charge in [-0.2, -0.15) is 0 Å². The largest absolute Gasteiger partial charge is 0.458 e. The Bertz CT molecular complexity index is 1030. The number of benzene rings is 3.